The fraction of sp³-hybridized carbons (Fsp3) is 0.111. The fourth-order valence-electron chi connectivity index (χ4n) is 1.07. The minimum atomic E-state index is -4.73. The molecule has 0 aromatic heterocycles. The van der Waals surface area contributed by atoms with Crippen molar-refractivity contribution >= 4 is 11.8 Å². The highest BCUT2D eigenvalue weighted by Crippen LogP contribution is 2.36. The molecule has 0 atom stereocenters. The first kappa shape index (κ1) is 11.2. The Morgan fingerprint density at radius 1 is 1.40 bits per heavy atom. The third-order valence-corrected chi connectivity index (χ3v) is 1.76. The van der Waals surface area contributed by atoms with Crippen LogP contribution in [0.15, 0.2) is 24.8 Å². The van der Waals surface area contributed by atoms with Crippen LogP contribution in [0.25, 0.3) is 6.08 Å². The van der Waals surface area contributed by atoms with Crippen molar-refractivity contribution in [2.45, 2.75) is 6.18 Å². The molecule has 0 unspecified atom stereocenters. The van der Waals surface area contributed by atoms with Crippen LogP contribution in [0.3, 0.4) is 0 Å². The maximum Gasteiger partial charge on any atom is 0.423 e. The summed E-state index contributed by atoms with van der Waals surface area (Å²) in [6.07, 6.45) is -3.54. The lowest BCUT2D eigenvalue weighted by Gasteiger charge is -2.07. The molecule has 0 spiro atoms. The molecule has 0 heterocycles. The lowest BCUT2D eigenvalue weighted by molar-refractivity contribution is -0.388. The van der Waals surface area contributed by atoms with Crippen LogP contribution >= 0.6 is 0 Å². The van der Waals surface area contributed by atoms with Gasteiger partial charge in [0.1, 0.15) is 5.56 Å². The number of nitro groups is 1. The summed E-state index contributed by atoms with van der Waals surface area (Å²) in [5.74, 6) is 0. The van der Waals surface area contributed by atoms with E-state index in [1.165, 1.54) is 12.1 Å². The molecule has 15 heavy (non-hydrogen) atoms. The first-order chi connectivity index (χ1) is 6.86. The highest BCUT2D eigenvalue weighted by molar-refractivity contribution is 5.54. The van der Waals surface area contributed by atoms with Crippen LogP contribution in [0, 0.1) is 10.1 Å². The fourth-order valence-corrected chi connectivity index (χ4v) is 1.07. The molecule has 3 nitrogen and oxygen atoms in total. The topological polar surface area (TPSA) is 43.1 Å². The summed E-state index contributed by atoms with van der Waals surface area (Å²) in [6, 6.07) is 2.73. The third-order valence-electron chi connectivity index (χ3n) is 1.76. The van der Waals surface area contributed by atoms with Crippen LogP contribution in [0.4, 0.5) is 18.9 Å². The van der Waals surface area contributed by atoms with Gasteiger partial charge in [-0.05, 0) is 17.7 Å². The Hall–Kier alpha value is -1.85. The molecular formula is C9H6F3NO2. The van der Waals surface area contributed by atoms with Crippen molar-refractivity contribution in [1.29, 1.82) is 0 Å². The Morgan fingerprint density at radius 2 is 2.00 bits per heavy atom. The van der Waals surface area contributed by atoms with E-state index < -0.39 is 22.4 Å². The zero-order valence-electron chi connectivity index (χ0n) is 7.41. The predicted octanol–water partition coefficient (Wildman–Crippen LogP) is 3.26. The number of rotatable bonds is 2. The van der Waals surface area contributed by atoms with E-state index in [0.717, 1.165) is 6.07 Å². The number of benzene rings is 1. The van der Waals surface area contributed by atoms with Gasteiger partial charge in [-0.2, -0.15) is 13.2 Å². The average molecular weight is 217 g/mol. The summed E-state index contributed by atoms with van der Waals surface area (Å²) in [7, 11) is 0. The smallest absolute Gasteiger partial charge is 0.258 e. The number of halogens is 3. The molecular weight excluding hydrogens is 211 g/mol. The Balaban J connectivity index is 3.42. The van der Waals surface area contributed by atoms with Crippen molar-refractivity contribution in [3.05, 3.63) is 46.0 Å². The van der Waals surface area contributed by atoms with Crippen molar-refractivity contribution in [2.24, 2.45) is 0 Å². The molecule has 0 radical (unpaired) electrons. The van der Waals surface area contributed by atoms with E-state index in [9.17, 15) is 23.3 Å². The molecule has 0 aliphatic rings. The molecule has 0 saturated heterocycles. The highest BCUT2D eigenvalue weighted by Gasteiger charge is 2.38. The highest BCUT2D eigenvalue weighted by atomic mass is 19.4. The normalized spacial score (nSPS) is 11.1. The number of nitro benzene ring substituents is 1. The molecule has 1 aromatic rings. The second kappa shape index (κ2) is 3.72. The first-order valence-corrected chi connectivity index (χ1v) is 3.84. The van der Waals surface area contributed by atoms with Crippen LogP contribution in [0.2, 0.25) is 0 Å². The van der Waals surface area contributed by atoms with Crippen LogP contribution in [0.1, 0.15) is 11.1 Å². The maximum absolute atomic E-state index is 12.4. The van der Waals surface area contributed by atoms with E-state index in [4.69, 9.17) is 0 Å². The van der Waals surface area contributed by atoms with Crippen molar-refractivity contribution in [3.8, 4) is 0 Å². The number of hydrogen-bond acceptors (Lipinski definition) is 2. The Bertz CT molecular complexity index is 412. The number of alkyl halides is 3. The molecule has 0 N–H and O–H groups in total. The quantitative estimate of drug-likeness (QED) is 0.563. The molecule has 0 aliphatic carbocycles. The SMILES string of the molecule is C=Cc1ccc([N+](=O)[O-])c(C(F)(F)F)c1. The summed E-state index contributed by atoms with van der Waals surface area (Å²) in [4.78, 5) is 9.29. The van der Waals surface area contributed by atoms with Crippen molar-refractivity contribution < 1.29 is 18.1 Å². The van der Waals surface area contributed by atoms with E-state index in [0.29, 0.717) is 6.07 Å². The molecule has 0 bridgehead atoms. The lowest BCUT2D eigenvalue weighted by Crippen LogP contribution is -2.09. The number of hydrogen-bond donors (Lipinski definition) is 0. The molecule has 0 saturated carbocycles. The molecule has 0 aliphatic heterocycles. The van der Waals surface area contributed by atoms with Crippen molar-refractivity contribution in [3.63, 3.8) is 0 Å². The Labute approximate surface area is 83.0 Å². The minimum Gasteiger partial charge on any atom is -0.258 e. The van der Waals surface area contributed by atoms with Gasteiger partial charge in [-0.1, -0.05) is 12.7 Å². The van der Waals surface area contributed by atoms with E-state index in [1.54, 1.807) is 0 Å². The third kappa shape index (κ3) is 2.34. The van der Waals surface area contributed by atoms with Gasteiger partial charge in [-0.15, -0.1) is 0 Å². The lowest BCUT2D eigenvalue weighted by atomic mass is 10.1. The molecule has 6 heteroatoms. The van der Waals surface area contributed by atoms with E-state index >= 15 is 0 Å². The second-order valence-corrected chi connectivity index (χ2v) is 2.74. The standard InChI is InChI=1S/C9H6F3NO2/c1-2-6-3-4-8(13(14)15)7(5-6)9(10,11)12/h2-5H,1H2. The van der Waals surface area contributed by atoms with Crippen LogP contribution in [-0.2, 0) is 6.18 Å². The van der Waals surface area contributed by atoms with Crippen LogP contribution in [-0.4, -0.2) is 4.92 Å². The van der Waals surface area contributed by atoms with E-state index in [-0.39, 0.29) is 5.56 Å². The second-order valence-electron chi connectivity index (χ2n) is 2.74. The number of nitrogens with zero attached hydrogens (tertiary/aromatic N) is 1. The predicted molar refractivity (Wildman–Crippen MR) is 48.2 cm³/mol. The van der Waals surface area contributed by atoms with Gasteiger partial charge in [0.05, 0.1) is 4.92 Å². The van der Waals surface area contributed by atoms with Gasteiger partial charge in [-0.25, -0.2) is 0 Å². The van der Waals surface area contributed by atoms with Gasteiger partial charge < -0.3 is 0 Å². The largest absolute Gasteiger partial charge is 0.423 e. The first-order valence-electron chi connectivity index (χ1n) is 3.84. The van der Waals surface area contributed by atoms with Gasteiger partial charge in [0.15, 0.2) is 0 Å². The summed E-state index contributed by atoms with van der Waals surface area (Å²) < 4.78 is 37.2. The molecule has 0 fully saturated rings. The minimum absolute atomic E-state index is 0.188. The van der Waals surface area contributed by atoms with E-state index in [1.807, 2.05) is 0 Å². The average Bonchev–Trinajstić information content (AvgIpc) is 2.15. The van der Waals surface area contributed by atoms with Crippen molar-refractivity contribution in [2.75, 3.05) is 0 Å². The van der Waals surface area contributed by atoms with Gasteiger partial charge >= 0.3 is 6.18 Å². The van der Waals surface area contributed by atoms with Gasteiger partial charge in [0.2, 0.25) is 0 Å². The monoisotopic (exact) mass is 217 g/mol. The van der Waals surface area contributed by atoms with E-state index in [2.05, 4.69) is 6.58 Å². The summed E-state index contributed by atoms with van der Waals surface area (Å²) in [6.45, 7) is 3.29. The molecule has 0 amide bonds. The van der Waals surface area contributed by atoms with Gasteiger partial charge in [0.25, 0.3) is 5.69 Å². The zero-order valence-corrected chi connectivity index (χ0v) is 7.41. The Morgan fingerprint density at radius 3 is 2.40 bits per heavy atom. The molecule has 80 valence electrons. The summed E-state index contributed by atoms with van der Waals surface area (Å²) >= 11 is 0. The molecule has 1 rings (SSSR count). The molecule has 1 aromatic carbocycles. The van der Waals surface area contributed by atoms with Gasteiger partial charge in [-0.3, -0.25) is 10.1 Å². The maximum atomic E-state index is 12.4. The zero-order chi connectivity index (χ0) is 11.6. The summed E-state index contributed by atoms with van der Waals surface area (Å²) in [5.41, 5.74) is -2.02. The Kier molecular flexibility index (Phi) is 2.78. The van der Waals surface area contributed by atoms with Crippen molar-refractivity contribution in [1.82, 2.24) is 0 Å². The van der Waals surface area contributed by atoms with Crippen LogP contribution < -0.4 is 0 Å². The summed E-state index contributed by atoms with van der Waals surface area (Å²) in [5, 5.41) is 10.3. The van der Waals surface area contributed by atoms with Crippen LogP contribution in [0.5, 0.6) is 0 Å². The van der Waals surface area contributed by atoms with Gasteiger partial charge in [0, 0.05) is 6.07 Å².